The summed E-state index contributed by atoms with van der Waals surface area (Å²) in [4.78, 5) is 7.44. The van der Waals surface area contributed by atoms with Crippen LogP contribution in [0.15, 0.2) is 32.7 Å². The molecule has 114 valence electrons. The highest BCUT2D eigenvalue weighted by molar-refractivity contribution is 7.79. The summed E-state index contributed by atoms with van der Waals surface area (Å²) >= 11 is 16.0. The van der Waals surface area contributed by atoms with Crippen molar-refractivity contribution >= 4 is 61.4 Å². The molecule has 0 aliphatic heterocycles. The lowest BCUT2D eigenvalue weighted by Crippen LogP contribution is -1.89. The van der Waals surface area contributed by atoms with Crippen molar-refractivity contribution in [2.45, 2.75) is 20.8 Å². The Kier molecular flexibility index (Phi) is 10.0. The molecular weight excluding hydrogens is 325 g/mol. The van der Waals surface area contributed by atoms with Gasteiger partial charge in [-0.05, 0) is 32.2 Å². The summed E-state index contributed by atoms with van der Waals surface area (Å²) in [7, 11) is 0. The molecule has 0 radical (unpaired) electrons. The quantitative estimate of drug-likeness (QED) is 0.544. The maximum Gasteiger partial charge on any atom is 0.0892 e. The predicted octanol–water partition coefficient (Wildman–Crippen LogP) is 5.62. The van der Waals surface area contributed by atoms with Crippen molar-refractivity contribution in [1.29, 1.82) is 0 Å². The average molecular weight is 344 g/mol. The third-order valence-electron chi connectivity index (χ3n) is 1.97. The van der Waals surface area contributed by atoms with Gasteiger partial charge >= 0.3 is 0 Å². The van der Waals surface area contributed by atoms with Crippen LogP contribution in [0.25, 0.3) is 5.70 Å². The number of halogens is 2. The Hall–Kier alpha value is -1.10. The molecule has 0 bridgehead atoms. The first-order chi connectivity index (χ1) is 9.88. The summed E-state index contributed by atoms with van der Waals surface area (Å²) in [5.41, 5.74) is 1.81. The third kappa shape index (κ3) is 6.93. The monoisotopic (exact) mass is 343 g/mol. The van der Waals surface area contributed by atoms with E-state index in [1.165, 1.54) is 12.4 Å². The van der Waals surface area contributed by atoms with Crippen molar-refractivity contribution < 1.29 is 0 Å². The molecule has 0 fully saturated rings. The van der Waals surface area contributed by atoms with Gasteiger partial charge in [-0.1, -0.05) is 56.1 Å². The normalized spacial score (nSPS) is 11.3. The van der Waals surface area contributed by atoms with Gasteiger partial charge in [-0.3, -0.25) is 9.98 Å². The van der Waals surface area contributed by atoms with E-state index in [1.807, 2.05) is 0 Å². The Morgan fingerprint density at radius 2 is 1.76 bits per heavy atom. The van der Waals surface area contributed by atoms with Gasteiger partial charge in [0, 0.05) is 17.3 Å². The Morgan fingerprint density at radius 3 is 2.19 bits per heavy atom. The number of benzene rings is 1. The molecule has 21 heavy (non-hydrogen) atoms. The Morgan fingerprint density at radius 1 is 1.19 bits per heavy atom. The molecule has 1 aromatic rings. The first-order valence-corrected chi connectivity index (χ1v) is 7.33. The largest absolute Gasteiger partial charge is 0.270 e. The molecule has 1 aromatic carbocycles. The van der Waals surface area contributed by atoms with Crippen LogP contribution in [-0.2, 0) is 0 Å². The van der Waals surface area contributed by atoms with Gasteiger partial charge in [0.1, 0.15) is 0 Å². The number of aliphatic imine (C=N–C) groups is 2. The third-order valence-corrected chi connectivity index (χ3v) is 2.98. The van der Waals surface area contributed by atoms with E-state index in [2.05, 4.69) is 61.4 Å². The highest BCUT2D eigenvalue weighted by Crippen LogP contribution is 2.33. The molecule has 0 spiro atoms. The number of rotatable bonds is 4. The van der Waals surface area contributed by atoms with Crippen LogP contribution in [0.3, 0.4) is 0 Å². The molecule has 0 atom stereocenters. The minimum absolute atomic E-state index is 0.361. The Balaban J connectivity index is 0.000000885. The van der Waals surface area contributed by atoms with Crippen molar-refractivity contribution in [3.8, 4) is 0 Å². The fourth-order valence-corrected chi connectivity index (χ4v) is 1.81. The molecule has 0 heterocycles. The predicted molar refractivity (Wildman–Crippen MR) is 101 cm³/mol. The summed E-state index contributed by atoms with van der Waals surface area (Å²) in [5.74, 6) is 0.833. The minimum atomic E-state index is 0.361. The molecule has 6 heteroatoms. The summed E-state index contributed by atoms with van der Waals surface area (Å²) in [6.07, 6.45) is 2.95. The standard InChI is InChI=1S/C11H9Cl2N3S.C4H10/c1-14-6-9(15-2)8-4-3-7(5-16-17)10(12)11(8)13;1-4(2)3/h3-6,17H,1-2H2;4H,1-3H3/b9-6-,16-5+;. The number of hydrogen-bond donors (Lipinski definition) is 1. The van der Waals surface area contributed by atoms with Crippen molar-refractivity contribution in [3.05, 3.63) is 39.5 Å². The topological polar surface area (TPSA) is 37.1 Å². The SMILES string of the molecule is C=N/C=C(\N=C)c1ccc(/C=N/S)c(Cl)c1Cl.CC(C)C. The summed E-state index contributed by atoms with van der Waals surface area (Å²) < 4.78 is 3.59. The maximum absolute atomic E-state index is 6.13. The smallest absolute Gasteiger partial charge is 0.0892 e. The molecule has 0 saturated carbocycles. The fraction of sp³-hybridized carbons (Fsp3) is 0.267. The highest BCUT2D eigenvalue weighted by atomic mass is 35.5. The molecule has 0 aromatic heterocycles. The number of thiol groups is 1. The van der Waals surface area contributed by atoms with E-state index < -0.39 is 0 Å². The minimum Gasteiger partial charge on any atom is -0.270 e. The van der Waals surface area contributed by atoms with Crippen LogP contribution in [0.5, 0.6) is 0 Å². The van der Waals surface area contributed by atoms with Gasteiger partial charge in [0.05, 0.1) is 21.9 Å². The van der Waals surface area contributed by atoms with E-state index in [-0.39, 0.29) is 0 Å². The lowest BCUT2D eigenvalue weighted by Gasteiger charge is -2.07. The van der Waals surface area contributed by atoms with Crippen molar-refractivity contribution in [3.63, 3.8) is 0 Å². The van der Waals surface area contributed by atoms with Crippen LogP contribution in [0.4, 0.5) is 0 Å². The van der Waals surface area contributed by atoms with Crippen molar-refractivity contribution in [2.24, 2.45) is 20.3 Å². The number of hydrogen-bond acceptors (Lipinski definition) is 4. The summed E-state index contributed by atoms with van der Waals surface area (Å²) in [6, 6.07) is 3.51. The van der Waals surface area contributed by atoms with Gasteiger partial charge in [0.15, 0.2) is 0 Å². The van der Waals surface area contributed by atoms with Crippen LogP contribution in [0.2, 0.25) is 10.0 Å². The van der Waals surface area contributed by atoms with Gasteiger partial charge in [0.25, 0.3) is 0 Å². The van der Waals surface area contributed by atoms with E-state index in [4.69, 9.17) is 23.2 Å². The van der Waals surface area contributed by atoms with Crippen LogP contribution in [0, 0.1) is 5.92 Å². The van der Waals surface area contributed by atoms with Gasteiger partial charge in [-0.15, -0.1) is 0 Å². The second-order valence-electron chi connectivity index (χ2n) is 4.66. The van der Waals surface area contributed by atoms with E-state index in [9.17, 15) is 0 Å². The Labute approximate surface area is 142 Å². The lowest BCUT2D eigenvalue weighted by molar-refractivity contribution is 0.737. The zero-order chi connectivity index (χ0) is 16.4. The van der Waals surface area contributed by atoms with E-state index in [0.717, 1.165) is 5.92 Å². The van der Waals surface area contributed by atoms with Gasteiger partial charge in [0.2, 0.25) is 0 Å². The zero-order valence-corrected chi connectivity index (χ0v) is 14.8. The number of nitrogens with zero attached hydrogens (tertiary/aromatic N) is 3. The van der Waals surface area contributed by atoms with Gasteiger partial charge in [-0.25, -0.2) is 4.40 Å². The second kappa shape index (κ2) is 10.6. The molecule has 3 nitrogen and oxygen atoms in total. The molecule has 1 rings (SSSR count). The van der Waals surface area contributed by atoms with Crippen molar-refractivity contribution in [2.75, 3.05) is 0 Å². The molecule has 0 amide bonds. The highest BCUT2D eigenvalue weighted by Gasteiger charge is 2.11. The molecule has 0 unspecified atom stereocenters. The van der Waals surface area contributed by atoms with Crippen molar-refractivity contribution in [1.82, 2.24) is 0 Å². The summed E-state index contributed by atoms with van der Waals surface area (Å²) in [5, 5.41) is 0.736. The van der Waals surface area contributed by atoms with E-state index >= 15 is 0 Å². The van der Waals surface area contributed by atoms with Gasteiger partial charge < -0.3 is 0 Å². The molecule has 0 saturated heterocycles. The first kappa shape index (κ1) is 19.9. The van der Waals surface area contributed by atoms with Gasteiger partial charge in [-0.2, -0.15) is 0 Å². The molecular formula is C15H19Cl2N3S. The fourth-order valence-electron chi connectivity index (χ4n) is 1.21. The van der Waals surface area contributed by atoms with Crippen LogP contribution >= 0.6 is 36.0 Å². The maximum atomic E-state index is 6.13. The van der Waals surface area contributed by atoms with E-state index in [0.29, 0.717) is 26.9 Å². The zero-order valence-electron chi connectivity index (χ0n) is 12.3. The Bertz CT molecular complexity index is 549. The average Bonchev–Trinajstić information content (AvgIpc) is 2.42. The summed E-state index contributed by atoms with van der Waals surface area (Å²) in [6.45, 7) is 13.3. The lowest BCUT2D eigenvalue weighted by atomic mass is 10.1. The van der Waals surface area contributed by atoms with Crippen LogP contribution in [-0.4, -0.2) is 19.6 Å². The van der Waals surface area contributed by atoms with Crippen LogP contribution < -0.4 is 0 Å². The molecule has 0 N–H and O–H groups in total. The van der Waals surface area contributed by atoms with Crippen LogP contribution in [0.1, 0.15) is 31.9 Å². The van der Waals surface area contributed by atoms with E-state index in [1.54, 1.807) is 12.1 Å². The second-order valence-corrected chi connectivity index (χ2v) is 5.65. The first-order valence-electron chi connectivity index (χ1n) is 6.17. The molecule has 0 aliphatic rings. The molecule has 0 aliphatic carbocycles.